The first kappa shape index (κ1) is 16.8. The lowest BCUT2D eigenvalue weighted by Gasteiger charge is -2.34. The van der Waals surface area contributed by atoms with Gasteiger partial charge >= 0.3 is 6.03 Å². The van der Waals surface area contributed by atoms with Crippen LogP contribution in [0.1, 0.15) is 10.6 Å². The van der Waals surface area contributed by atoms with Crippen LogP contribution in [0.4, 0.5) is 14.9 Å². The molecule has 3 amide bonds. The number of hydrogen-bond donors (Lipinski definition) is 1. The Hall–Kier alpha value is -3.03. The van der Waals surface area contributed by atoms with Gasteiger partial charge in [-0.2, -0.15) is 0 Å². The van der Waals surface area contributed by atoms with E-state index in [1.807, 2.05) is 0 Å². The van der Waals surface area contributed by atoms with Gasteiger partial charge in [0.15, 0.2) is 17.3 Å². The molecule has 1 fully saturated rings. The summed E-state index contributed by atoms with van der Waals surface area (Å²) in [6.45, 7) is 1.59. The number of methoxy groups -OCH3 is 1. The Labute approximate surface area is 144 Å². The van der Waals surface area contributed by atoms with Crippen molar-refractivity contribution in [2.24, 2.45) is 0 Å². The molecule has 0 atom stereocenters. The fourth-order valence-electron chi connectivity index (χ4n) is 2.62. The first-order valence-electron chi connectivity index (χ1n) is 7.80. The van der Waals surface area contributed by atoms with Crippen LogP contribution >= 0.6 is 0 Å². The van der Waals surface area contributed by atoms with Gasteiger partial charge in [-0.25, -0.2) is 9.18 Å². The van der Waals surface area contributed by atoms with Crippen molar-refractivity contribution in [3.63, 3.8) is 0 Å². The minimum atomic E-state index is -0.547. The highest BCUT2D eigenvalue weighted by molar-refractivity contribution is 5.92. The van der Waals surface area contributed by atoms with E-state index in [1.165, 1.54) is 25.5 Å². The number of halogens is 1. The summed E-state index contributed by atoms with van der Waals surface area (Å²) in [4.78, 5) is 27.7. The monoisotopic (exact) mass is 347 g/mol. The number of hydrogen-bond acceptors (Lipinski definition) is 4. The molecule has 132 valence electrons. The zero-order valence-corrected chi connectivity index (χ0v) is 13.7. The number of nitrogens with zero attached hydrogens (tertiary/aromatic N) is 2. The molecule has 2 aromatic rings. The van der Waals surface area contributed by atoms with E-state index in [1.54, 1.807) is 28.0 Å². The molecule has 2 heterocycles. The van der Waals surface area contributed by atoms with Crippen molar-refractivity contribution in [1.82, 2.24) is 9.80 Å². The molecule has 0 bridgehead atoms. The molecule has 0 aliphatic carbocycles. The topological polar surface area (TPSA) is 75.0 Å². The van der Waals surface area contributed by atoms with Crippen LogP contribution in [0.2, 0.25) is 0 Å². The second-order valence-electron chi connectivity index (χ2n) is 5.54. The normalized spacial score (nSPS) is 14.3. The van der Waals surface area contributed by atoms with Crippen molar-refractivity contribution in [2.45, 2.75) is 0 Å². The van der Waals surface area contributed by atoms with Crippen molar-refractivity contribution in [3.05, 3.63) is 48.2 Å². The number of nitrogens with one attached hydrogen (secondary N) is 1. The van der Waals surface area contributed by atoms with E-state index in [2.05, 4.69) is 5.32 Å². The summed E-state index contributed by atoms with van der Waals surface area (Å²) in [7, 11) is 1.38. The molecule has 1 saturated heterocycles. The van der Waals surface area contributed by atoms with E-state index in [0.717, 1.165) is 0 Å². The van der Waals surface area contributed by atoms with Crippen molar-refractivity contribution in [2.75, 3.05) is 38.6 Å². The summed E-state index contributed by atoms with van der Waals surface area (Å²) in [6, 6.07) is 7.15. The second kappa shape index (κ2) is 7.25. The third-order valence-electron chi connectivity index (χ3n) is 3.99. The van der Waals surface area contributed by atoms with Gasteiger partial charge in [0.2, 0.25) is 0 Å². The van der Waals surface area contributed by atoms with Crippen LogP contribution in [0.3, 0.4) is 0 Å². The lowest BCUT2D eigenvalue weighted by molar-refractivity contribution is 0.0640. The van der Waals surface area contributed by atoms with Gasteiger partial charge in [0.1, 0.15) is 0 Å². The highest BCUT2D eigenvalue weighted by atomic mass is 19.1. The summed E-state index contributed by atoms with van der Waals surface area (Å²) in [6.07, 6.45) is 1.45. The zero-order valence-electron chi connectivity index (χ0n) is 13.7. The van der Waals surface area contributed by atoms with Crippen LogP contribution in [0, 0.1) is 5.82 Å². The smallest absolute Gasteiger partial charge is 0.321 e. The van der Waals surface area contributed by atoms with Gasteiger partial charge in [-0.3, -0.25) is 4.79 Å². The number of carbonyl (C=O) groups excluding carboxylic acids is 2. The number of amides is 3. The maximum absolute atomic E-state index is 13.7. The average Bonchev–Trinajstić information content (AvgIpc) is 3.16. The molecule has 1 aliphatic heterocycles. The summed E-state index contributed by atoms with van der Waals surface area (Å²) < 4.78 is 23.6. The molecular formula is C17H18FN3O4. The third kappa shape index (κ3) is 3.73. The van der Waals surface area contributed by atoms with E-state index in [0.29, 0.717) is 31.9 Å². The number of piperazine rings is 1. The zero-order chi connectivity index (χ0) is 17.8. The summed E-state index contributed by atoms with van der Waals surface area (Å²) >= 11 is 0. The van der Waals surface area contributed by atoms with Crippen LogP contribution in [-0.4, -0.2) is 55.0 Å². The Kier molecular flexibility index (Phi) is 4.87. The van der Waals surface area contributed by atoms with Gasteiger partial charge in [-0.05, 0) is 24.3 Å². The third-order valence-corrected chi connectivity index (χ3v) is 3.99. The molecular weight excluding hydrogens is 329 g/mol. The maximum atomic E-state index is 13.7. The number of ether oxygens (including phenoxy) is 1. The van der Waals surface area contributed by atoms with E-state index < -0.39 is 5.82 Å². The quantitative estimate of drug-likeness (QED) is 0.925. The molecule has 0 unspecified atom stereocenters. The molecule has 1 aliphatic rings. The molecule has 7 nitrogen and oxygen atoms in total. The standard InChI is InChI=1S/C17H18FN3O4/c1-24-14-5-4-12(11-13(14)18)19-17(23)21-8-6-20(7-9-21)16(22)15-3-2-10-25-15/h2-5,10-11H,6-9H2,1H3,(H,19,23). The van der Waals surface area contributed by atoms with Gasteiger partial charge < -0.3 is 24.3 Å². The largest absolute Gasteiger partial charge is 0.494 e. The molecule has 0 saturated carbocycles. The lowest BCUT2D eigenvalue weighted by atomic mass is 10.2. The molecule has 25 heavy (non-hydrogen) atoms. The molecule has 1 aromatic heterocycles. The van der Waals surface area contributed by atoms with Crippen LogP contribution < -0.4 is 10.1 Å². The Morgan fingerprint density at radius 2 is 1.88 bits per heavy atom. The van der Waals surface area contributed by atoms with Crippen molar-refractivity contribution >= 4 is 17.6 Å². The number of furan rings is 1. The lowest BCUT2D eigenvalue weighted by Crippen LogP contribution is -2.51. The van der Waals surface area contributed by atoms with Crippen molar-refractivity contribution < 1.29 is 23.1 Å². The Balaban J connectivity index is 1.55. The fourth-order valence-corrected chi connectivity index (χ4v) is 2.62. The number of anilines is 1. The predicted octanol–water partition coefficient (Wildman–Crippen LogP) is 2.42. The van der Waals surface area contributed by atoms with E-state index in [4.69, 9.17) is 9.15 Å². The fraction of sp³-hybridized carbons (Fsp3) is 0.294. The molecule has 8 heteroatoms. The average molecular weight is 347 g/mol. The number of rotatable bonds is 3. The van der Waals surface area contributed by atoms with Crippen LogP contribution in [0.25, 0.3) is 0 Å². The van der Waals surface area contributed by atoms with Gasteiger partial charge in [-0.1, -0.05) is 0 Å². The van der Waals surface area contributed by atoms with Crippen LogP contribution in [0.5, 0.6) is 5.75 Å². The van der Waals surface area contributed by atoms with Crippen LogP contribution in [0.15, 0.2) is 41.0 Å². The highest BCUT2D eigenvalue weighted by Gasteiger charge is 2.26. The Morgan fingerprint density at radius 3 is 2.48 bits per heavy atom. The van der Waals surface area contributed by atoms with Crippen molar-refractivity contribution in [3.8, 4) is 5.75 Å². The van der Waals surface area contributed by atoms with Gasteiger partial charge in [-0.15, -0.1) is 0 Å². The van der Waals surface area contributed by atoms with Crippen LogP contribution in [-0.2, 0) is 0 Å². The Bertz CT molecular complexity index is 755. The molecule has 0 spiro atoms. The molecule has 1 N–H and O–H groups in total. The molecule has 3 rings (SSSR count). The maximum Gasteiger partial charge on any atom is 0.321 e. The van der Waals surface area contributed by atoms with Gasteiger partial charge in [0, 0.05) is 37.9 Å². The molecule has 0 radical (unpaired) electrons. The first-order chi connectivity index (χ1) is 12.1. The van der Waals surface area contributed by atoms with E-state index in [9.17, 15) is 14.0 Å². The number of carbonyl (C=O) groups is 2. The summed E-state index contributed by atoms with van der Waals surface area (Å²) in [5.74, 6) is -0.342. The minimum absolute atomic E-state index is 0.114. The highest BCUT2D eigenvalue weighted by Crippen LogP contribution is 2.21. The second-order valence-corrected chi connectivity index (χ2v) is 5.54. The minimum Gasteiger partial charge on any atom is -0.494 e. The predicted molar refractivity (Wildman–Crippen MR) is 88.2 cm³/mol. The van der Waals surface area contributed by atoms with Gasteiger partial charge in [0.05, 0.1) is 13.4 Å². The van der Waals surface area contributed by atoms with E-state index in [-0.39, 0.29) is 23.4 Å². The molecule has 1 aromatic carbocycles. The van der Waals surface area contributed by atoms with Gasteiger partial charge in [0.25, 0.3) is 5.91 Å². The summed E-state index contributed by atoms with van der Waals surface area (Å²) in [5.41, 5.74) is 0.345. The summed E-state index contributed by atoms with van der Waals surface area (Å²) in [5, 5.41) is 2.64. The first-order valence-corrected chi connectivity index (χ1v) is 7.80. The van der Waals surface area contributed by atoms with Crippen molar-refractivity contribution in [1.29, 1.82) is 0 Å². The van der Waals surface area contributed by atoms with E-state index >= 15 is 0 Å². The SMILES string of the molecule is COc1ccc(NC(=O)N2CCN(C(=O)c3ccco3)CC2)cc1F. The number of benzene rings is 1. The number of urea groups is 1. The Morgan fingerprint density at radius 1 is 1.16 bits per heavy atom.